The maximum absolute atomic E-state index is 11.9. The number of unbranched alkanes of at least 4 members (excludes halogenated alkanes) is 10. The highest BCUT2D eigenvalue weighted by Gasteiger charge is 2.14. The third-order valence-corrected chi connectivity index (χ3v) is 7.84. The van der Waals surface area contributed by atoms with Crippen LogP contribution in [0, 0.1) is 0 Å². The van der Waals surface area contributed by atoms with Crippen molar-refractivity contribution in [2.24, 2.45) is 0 Å². The van der Waals surface area contributed by atoms with Gasteiger partial charge in [-0.3, -0.25) is 9.59 Å². The molecule has 0 atom stereocenters. The highest BCUT2D eigenvalue weighted by atomic mass is 32.2. The molecule has 0 saturated carbocycles. The van der Waals surface area contributed by atoms with E-state index < -0.39 is 45.1 Å². The Bertz CT molecular complexity index is 691. The van der Waals surface area contributed by atoms with Crippen LogP contribution in [0.3, 0.4) is 0 Å². The Kier molecular flexibility index (Phi) is 19.3. The average molecular weight is 529 g/mol. The van der Waals surface area contributed by atoms with E-state index >= 15 is 0 Å². The normalized spacial score (nSPS) is 11.9. The van der Waals surface area contributed by atoms with Crippen molar-refractivity contribution in [2.75, 3.05) is 37.8 Å². The molecule has 0 aromatic carbocycles. The molecule has 12 heteroatoms. The van der Waals surface area contributed by atoms with Crippen molar-refractivity contribution in [3.8, 4) is 0 Å². The molecule has 0 aromatic rings. The van der Waals surface area contributed by atoms with Crippen LogP contribution in [0.2, 0.25) is 0 Å². The zero-order valence-corrected chi connectivity index (χ0v) is 22.4. The zero-order chi connectivity index (χ0) is 25.7. The van der Waals surface area contributed by atoms with E-state index in [9.17, 15) is 26.4 Å². The number of sulfonamides is 2. The summed E-state index contributed by atoms with van der Waals surface area (Å²) in [5.74, 6) is -1.66. The topological polar surface area (TPSA) is 145 Å². The van der Waals surface area contributed by atoms with Gasteiger partial charge in [0.1, 0.15) is 26.3 Å². The molecule has 202 valence electrons. The molecular formula is C22H44N2O8S2. The van der Waals surface area contributed by atoms with Crippen LogP contribution in [0.5, 0.6) is 0 Å². The average Bonchev–Trinajstić information content (AvgIpc) is 2.79. The number of hydrogen-bond donors (Lipinski definition) is 2. The molecule has 0 aliphatic carbocycles. The fourth-order valence-electron chi connectivity index (χ4n) is 3.04. The Morgan fingerprint density at radius 2 is 0.882 bits per heavy atom. The van der Waals surface area contributed by atoms with E-state index in [4.69, 9.17) is 9.47 Å². The molecule has 0 saturated heterocycles. The summed E-state index contributed by atoms with van der Waals surface area (Å²) in [4.78, 5) is 23.3. The van der Waals surface area contributed by atoms with E-state index in [0.29, 0.717) is 12.8 Å². The Morgan fingerprint density at radius 3 is 1.24 bits per heavy atom. The summed E-state index contributed by atoms with van der Waals surface area (Å²) in [6, 6.07) is 0. The maximum Gasteiger partial charge on any atom is 0.321 e. The first kappa shape index (κ1) is 32.8. The highest BCUT2D eigenvalue weighted by molar-refractivity contribution is 7.89. The summed E-state index contributed by atoms with van der Waals surface area (Å²) >= 11 is 0. The summed E-state index contributed by atoms with van der Waals surface area (Å²) in [6.45, 7) is 2.72. The van der Waals surface area contributed by atoms with Crippen LogP contribution < -0.4 is 9.44 Å². The van der Waals surface area contributed by atoms with E-state index in [1.807, 2.05) is 0 Å². The smallest absolute Gasteiger partial charge is 0.321 e. The SMILES string of the molecule is CCCCCCCCS(=O)(=O)NCC(=O)OCCOC(=O)CNS(=O)(=O)CCCCCCCC. The van der Waals surface area contributed by atoms with Gasteiger partial charge in [0, 0.05) is 0 Å². The molecule has 0 fully saturated rings. The number of carbonyl (C=O) groups excluding carboxylic acids is 2. The lowest BCUT2D eigenvalue weighted by atomic mass is 10.1. The van der Waals surface area contributed by atoms with Gasteiger partial charge in [0.2, 0.25) is 20.0 Å². The highest BCUT2D eigenvalue weighted by Crippen LogP contribution is 2.07. The van der Waals surface area contributed by atoms with Crippen molar-refractivity contribution < 1.29 is 35.9 Å². The number of carbonyl (C=O) groups is 2. The number of ether oxygens (including phenoxy) is 2. The van der Waals surface area contributed by atoms with E-state index in [2.05, 4.69) is 23.3 Å². The number of nitrogens with one attached hydrogen (secondary N) is 2. The molecule has 0 radical (unpaired) electrons. The van der Waals surface area contributed by atoms with Crippen LogP contribution in [0.1, 0.15) is 90.9 Å². The minimum Gasteiger partial charge on any atom is -0.461 e. The van der Waals surface area contributed by atoms with Gasteiger partial charge in [-0.05, 0) is 12.8 Å². The van der Waals surface area contributed by atoms with Gasteiger partial charge in [-0.2, -0.15) is 0 Å². The third kappa shape index (κ3) is 21.3. The predicted molar refractivity (Wildman–Crippen MR) is 132 cm³/mol. The van der Waals surface area contributed by atoms with Crippen molar-refractivity contribution >= 4 is 32.0 Å². The molecule has 0 unspecified atom stereocenters. The summed E-state index contributed by atoms with van der Waals surface area (Å²) in [6.07, 6.45) is 11.4. The molecule has 2 N–H and O–H groups in total. The van der Waals surface area contributed by atoms with Crippen LogP contribution in [0.15, 0.2) is 0 Å². The fraction of sp³-hybridized carbons (Fsp3) is 0.909. The standard InChI is InChI=1S/C22H44N2O8S2/c1-3-5-7-9-11-13-17-33(27,28)23-19-21(25)31-15-16-32-22(26)20-24-34(29,30)18-14-12-10-8-6-4-2/h23-24H,3-20H2,1-2H3. The van der Waals surface area contributed by atoms with Crippen molar-refractivity contribution in [1.29, 1.82) is 0 Å². The summed E-state index contributed by atoms with van der Waals surface area (Å²) in [7, 11) is -7.10. The molecule has 0 amide bonds. The number of hydrogen-bond acceptors (Lipinski definition) is 8. The first-order valence-electron chi connectivity index (χ1n) is 12.4. The number of rotatable bonds is 23. The molecule has 0 heterocycles. The Balaban J connectivity index is 3.84. The van der Waals surface area contributed by atoms with Crippen LogP contribution in [0.25, 0.3) is 0 Å². The second-order valence-corrected chi connectivity index (χ2v) is 12.1. The Morgan fingerprint density at radius 1 is 0.559 bits per heavy atom. The van der Waals surface area contributed by atoms with Crippen molar-refractivity contribution in [3.05, 3.63) is 0 Å². The summed E-state index contributed by atoms with van der Waals surface area (Å²) in [5.41, 5.74) is 0. The quantitative estimate of drug-likeness (QED) is 0.152. The second-order valence-electron chi connectivity index (χ2n) is 8.26. The van der Waals surface area contributed by atoms with Crippen molar-refractivity contribution in [1.82, 2.24) is 9.44 Å². The summed E-state index contributed by atoms with van der Waals surface area (Å²) in [5, 5.41) is 0. The lowest BCUT2D eigenvalue weighted by Gasteiger charge is -2.09. The molecule has 0 spiro atoms. The third-order valence-electron chi connectivity index (χ3n) is 5.02. The van der Waals surface area contributed by atoms with Crippen molar-refractivity contribution in [2.45, 2.75) is 90.9 Å². The molecule has 0 rings (SSSR count). The van der Waals surface area contributed by atoms with E-state index in [0.717, 1.165) is 64.2 Å². The molecule has 34 heavy (non-hydrogen) atoms. The van der Waals surface area contributed by atoms with Gasteiger partial charge in [-0.1, -0.05) is 78.1 Å². The summed E-state index contributed by atoms with van der Waals surface area (Å²) < 4.78 is 61.5. The molecule has 0 aliphatic heterocycles. The molecule has 0 aromatic heterocycles. The van der Waals surface area contributed by atoms with Crippen molar-refractivity contribution in [3.63, 3.8) is 0 Å². The molecule has 10 nitrogen and oxygen atoms in total. The van der Waals surface area contributed by atoms with E-state index in [-0.39, 0.29) is 24.7 Å². The minimum absolute atomic E-state index is 0.0429. The molecule has 0 aliphatic rings. The van der Waals surface area contributed by atoms with Crippen LogP contribution in [-0.4, -0.2) is 66.6 Å². The predicted octanol–water partition coefficient (Wildman–Crippen LogP) is 2.63. The Labute approximate surface area is 206 Å². The fourth-order valence-corrected chi connectivity index (χ4v) is 5.17. The maximum atomic E-state index is 11.9. The lowest BCUT2D eigenvalue weighted by molar-refractivity contribution is -0.150. The van der Waals surface area contributed by atoms with Crippen LogP contribution >= 0.6 is 0 Å². The van der Waals surface area contributed by atoms with Gasteiger partial charge in [-0.15, -0.1) is 0 Å². The van der Waals surface area contributed by atoms with Gasteiger partial charge in [0.05, 0.1) is 11.5 Å². The monoisotopic (exact) mass is 528 g/mol. The molecule has 0 bridgehead atoms. The van der Waals surface area contributed by atoms with E-state index in [1.54, 1.807) is 0 Å². The van der Waals surface area contributed by atoms with Gasteiger partial charge in [0.25, 0.3) is 0 Å². The second kappa shape index (κ2) is 20.0. The number of esters is 2. The largest absolute Gasteiger partial charge is 0.461 e. The zero-order valence-electron chi connectivity index (χ0n) is 20.8. The lowest BCUT2D eigenvalue weighted by Crippen LogP contribution is -2.34. The first-order valence-corrected chi connectivity index (χ1v) is 15.7. The Hall–Kier alpha value is -1.24. The van der Waals surface area contributed by atoms with Gasteiger partial charge in [0.15, 0.2) is 0 Å². The molecular weight excluding hydrogens is 484 g/mol. The van der Waals surface area contributed by atoms with Gasteiger partial charge in [-0.25, -0.2) is 26.3 Å². The first-order chi connectivity index (χ1) is 16.1. The van der Waals surface area contributed by atoms with Crippen LogP contribution in [0.4, 0.5) is 0 Å². The van der Waals surface area contributed by atoms with Gasteiger partial charge < -0.3 is 9.47 Å². The van der Waals surface area contributed by atoms with E-state index in [1.165, 1.54) is 0 Å². The van der Waals surface area contributed by atoms with Gasteiger partial charge >= 0.3 is 11.9 Å². The minimum atomic E-state index is -3.55. The van der Waals surface area contributed by atoms with Crippen LogP contribution in [-0.2, 0) is 39.1 Å².